The van der Waals surface area contributed by atoms with Crippen molar-refractivity contribution in [1.29, 1.82) is 0 Å². The lowest BCUT2D eigenvalue weighted by Crippen LogP contribution is -2.14. The highest BCUT2D eigenvalue weighted by atomic mass is 79.9. The fraction of sp³-hybridized carbons (Fsp3) is 0.188. The van der Waals surface area contributed by atoms with Crippen LogP contribution in [0.3, 0.4) is 0 Å². The van der Waals surface area contributed by atoms with E-state index in [1.807, 2.05) is 0 Å². The fourth-order valence-corrected chi connectivity index (χ4v) is 3.44. The number of hydrogen-bond donors (Lipinski definition) is 1. The Bertz CT molecular complexity index is 1050. The highest BCUT2D eigenvalue weighted by Crippen LogP contribution is 2.36. The Morgan fingerprint density at radius 3 is 2.61 bits per heavy atom. The maximum Gasteiger partial charge on any atom is 0.434 e. The number of hydrogen-bond acceptors (Lipinski definition) is 3. The Hall–Kier alpha value is -2.40. The molecule has 0 radical (unpaired) electrons. The monoisotopic (exact) mass is 479 g/mol. The van der Waals surface area contributed by atoms with E-state index in [-0.39, 0.29) is 17.4 Å². The summed E-state index contributed by atoms with van der Waals surface area (Å²) < 4.78 is 53.7. The second-order valence-electron chi connectivity index (χ2n) is 5.72. The molecular weight excluding hydrogens is 470 g/mol. The number of anilines is 1. The predicted molar refractivity (Wildman–Crippen MR) is 96.6 cm³/mol. The number of benzene rings is 1. The quantitative estimate of drug-likeness (QED) is 0.560. The van der Waals surface area contributed by atoms with Crippen molar-refractivity contribution < 1.29 is 22.4 Å². The maximum atomic E-state index is 13.1. The molecule has 12 heteroatoms. The van der Waals surface area contributed by atoms with Gasteiger partial charge in [-0.05, 0) is 33.6 Å². The molecule has 6 nitrogen and oxygen atoms in total. The minimum atomic E-state index is -4.67. The van der Waals surface area contributed by atoms with Gasteiger partial charge in [-0.1, -0.05) is 17.7 Å². The summed E-state index contributed by atoms with van der Waals surface area (Å²) in [6, 6.07) is 5.38. The van der Waals surface area contributed by atoms with Crippen LogP contribution in [0, 0.1) is 5.82 Å². The molecule has 2 heterocycles. The van der Waals surface area contributed by atoms with Gasteiger partial charge in [0.2, 0.25) is 0 Å². The van der Waals surface area contributed by atoms with Crippen LogP contribution in [0.4, 0.5) is 23.4 Å². The molecule has 1 N–H and O–H groups in total. The van der Waals surface area contributed by atoms with E-state index in [1.165, 1.54) is 35.1 Å². The Morgan fingerprint density at radius 1 is 1.29 bits per heavy atom. The molecule has 0 bridgehead atoms. The number of nitrogens with one attached hydrogen (secondary N) is 1. The van der Waals surface area contributed by atoms with Gasteiger partial charge >= 0.3 is 6.18 Å². The number of carbonyl (C=O) groups excluding carboxylic acids is 1. The average Bonchev–Trinajstić information content (AvgIpc) is 3.13. The van der Waals surface area contributed by atoms with Gasteiger partial charge in [-0.15, -0.1) is 0 Å². The molecule has 3 rings (SSSR count). The summed E-state index contributed by atoms with van der Waals surface area (Å²) in [5, 5.41) is 10.3. The number of aromatic nitrogens is 4. The van der Waals surface area contributed by atoms with Gasteiger partial charge in [-0.2, -0.15) is 23.4 Å². The van der Waals surface area contributed by atoms with Gasteiger partial charge < -0.3 is 5.32 Å². The van der Waals surface area contributed by atoms with Crippen LogP contribution in [-0.2, 0) is 19.8 Å². The van der Waals surface area contributed by atoms with Crippen molar-refractivity contribution in [2.45, 2.75) is 12.7 Å². The van der Waals surface area contributed by atoms with Crippen molar-refractivity contribution in [2.75, 3.05) is 5.32 Å². The molecule has 0 aliphatic rings. The van der Waals surface area contributed by atoms with Crippen LogP contribution in [0.25, 0.3) is 0 Å². The van der Waals surface area contributed by atoms with Gasteiger partial charge in [0.1, 0.15) is 5.82 Å². The third kappa shape index (κ3) is 4.20. The van der Waals surface area contributed by atoms with Gasteiger partial charge in [-0.25, -0.2) is 4.39 Å². The summed E-state index contributed by atoms with van der Waals surface area (Å²) in [7, 11) is 1.09. The molecule has 0 aliphatic carbocycles. The van der Waals surface area contributed by atoms with Crippen LogP contribution in [0.15, 0.2) is 34.9 Å². The summed E-state index contributed by atoms with van der Waals surface area (Å²) >= 11 is 8.74. The van der Waals surface area contributed by atoms with Crippen molar-refractivity contribution in [3.05, 3.63) is 62.7 Å². The van der Waals surface area contributed by atoms with Gasteiger partial charge in [0.15, 0.2) is 17.2 Å². The van der Waals surface area contributed by atoms with E-state index in [2.05, 4.69) is 31.4 Å². The lowest BCUT2D eigenvalue weighted by atomic mass is 10.2. The number of alkyl halides is 3. The molecule has 0 fully saturated rings. The Balaban J connectivity index is 1.76. The second-order valence-corrected chi connectivity index (χ2v) is 6.92. The SMILES string of the molecule is Cn1nc(C(=O)Nc2ccn(Cc3ccc(F)cc3Cl)n2)c(Br)c1C(F)(F)F. The molecule has 1 aromatic carbocycles. The van der Waals surface area contributed by atoms with Crippen molar-refractivity contribution in [3.63, 3.8) is 0 Å². The van der Waals surface area contributed by atoms with E-state index in [1.54, 1.807) is 0 Å². The molecule has 0 atom stereocenters. The first-order valence-corrected chi connectivity index (χ1v) is 8.82. The normalized spacial score (nSPS) is 11.7. The minimum Gasteiger partial charge on any atom is -0.304 e. The van der Waals surface area contributed by atoms with E-state index in [9.17, 15) is 22.4 Å². The molecular formula is C16H11BrClF4N5O. The minimum absolute atomic E-state index is 0.106. The van der Waals surface area contributed by atoms with Gasteiger partial charge in [0, 0.05) is 24.3 Å². The zero-order chi connectivity index (χ0) is 20.6. The first kappa shape index (κ1) is 20.3. The zero-order valence-electron chi connectivity index (χ0n) is 14.1. The van der Waals surface area contributed by atoms with E-state index in [0.29, 0.717) is 10.2 Å². The van der Waals surface area contributed by atoms with E-state index in [4.69, 9.17) is 11.6 Å². The number of rotatable bonds is 4. The van der Waals surface area contributed by atoms with Gasteiger partial charge in [0.05, 0.1) is 11.0 Å². The number of halogens is 6. The average molecular weight is 481 g/mol. The van der Waals surface area contributed by atoms with Gasteiger partial charge in [-0.3, -0.25) is 14.2 Å². The first-order chi connectivity index (χ1) is 13.1. The summed E-state index contributed by atoms with van der Waals surface area (Å²) in [5.74, 6) is -1.22. The van der Waals surface area contributed by atoms with Crippen LogP contribution in [0.5, 0.6) is 0 Å². The number of amides is 1. The predicted octanol–water partition coefficient (Wildman–Crippen LogP) is 4.49. The van der Waals surface area contributed by atoms with Crippen molar-refractivity contribution in [2.24, 2.45) is 7.05 Å². The van der Waals surface area contributed by atoms with E-state index in [0.717, 1.165) is 7.05 Å². The topological polar surface area (TPSA) is 64.7 Å². The summed E-state index contributed by atoms with van der Waals surface area (Å²) in [4.78, 5) is 12.3. The highest BCUT2D eigenvalue weighted by Gasteiger charge is 2.39. The van der Waals surface area contributed by atoms with Gasteiger partial charge in [0.25, 0.3) is 5.91 Å². The van der Waals surface area contributed by atoms with Crippen LogP contribution in [0.2, 0.25) is 5.02 Å². The molecule has 0 saturated carbocycles. The number of aryl methyl sites for hydroxylation is 1. The molecule has 0 aliphatic heterocycles. The van der Waals surface area contributed by atoms with E-state index < -0.39 is 33.8 Å². The number of carbonyl (C=O) groups is 1. The third-order valence-electron chi connectivity index (χ3n) is 3.70. The Kier molecular flexibility index (Phi) is 5.48. The molecule has 0 unspecified atom stereocenters. The molecule has 1 amide bonds. The van der Waals surface area contributed by atoms with Crippen molar-refractivity contribution in [1.82, 2.24) is 19.6 Å². The first-order valence-electron chi connectivity index (χ1n) is 7.64. The maximum absolute atomic E-state index is 13.1. The number of nitrogens with zero attached hydrogens (tertiary/aromatic N) is 4. The molecule has 0 spiro atoms. The largest absolute Gasteiger partial charge is 0.434 e. The Labute approximate surface area is 169 Å². The smallest absolute Gasteiger partial charge is 0.304 e. The van der Waals surface area contributed by atoms with Crippen LogP contribution in [0.1, 0.15) is 21.7 Å². The molecule has 148 valence electrons. The lowest BCUT2D eigenvalue weighted by molar-refractivity contribution is -0.144. The van der Waals surface area contributed by atoms with Crippen molar-refractivity contribution in [3.8, 4) is 0 Å². The summed E-state index contributed by atoms with van der Waals surface area (Å²) in [6.07, 6.45) is -3.14. The third-order valence-corrected chi connectivity index (χ3v) is 4.81. The van der Waals surface area contributed by atoms with Crippen LogP contribution >= 0.6 is 27.5 Å². The lowest BCUT2D eigenvalue weighted by Gasteiger charge is -2.06. The zero-order valence-corrected chi connectivity index (χ0v) is 16.4. The molecule has 2 aromatic heterocycles. The van der Waals surface area contributed by atoms with Crippen molar-refractivity contribution >= 4 is 39.3 Å². The molecule has 28 heavy (non-hydrogen) atoms. The van der Waals surface area contributed by atoms with Crippen LogP contribution in [-0.4, -0.2) is 25.5 Å². The summed E-state index contributed by atoms with van der Waals surface area (Å²) in [5.41, 5.74) is -0.897. The summed E-state index contributed by atoms with van der Waals surface area (Å²) in [6.45, 7) is 0.209. The molecule has 0 saturated heterocycles. The van der Waals surface area contributed by atoms with Crippen LogP contribution < -0.4 is 5.32 Å². The second kappa shape index (κ2) is 7.55. The standard InChI is InChI=1S/C16H11BrClF4N5O/c1-26-14(16(20,21)22)12(17)13(25-26)15(28)23-11-4-5-27(24-11)7-8-2-3-9(19)6-10(8)18/h2-6H,7H2,1H3,(H,23,24,28). The fourth-order valence-electron chi connectivity index (χ4n) is 2.47. The van der Waals surface area contributed by atoms with E-state index >= 15 is 0 Å². The highest BCUT2D eigenvalue weighted by molar-refractivity contribution is 9.10. The Morgan fingerprint density at radius 2 is 2.00 bits per heavy atom. The molecule has 3 aromatic rings.